The van der Waals surface area contributed by atoms with Crippen LogP contribution in [0.2, 0.25) is 5.02 Å². The molecule has 3 aromatic rings. The molecule has 3 nitrogen and oxygen atoms in total. The zero-order chi connectivity index (χ0) is 14.8. The Bertz CT molecular complexity index is 768. The minimum atomic E-state index is -0.393. The van der Waals surface area contributed by atoms with Gasteiger partial charge in [0.2, 0.25) is 0 Å². The van der Waals surface area contributed by atoms with Crippen LogP contribution in [0.15, 0.2) is 54.9 Å². The van der Waals surface area contributed by atoms with Crippen LogP contribution in [0.1, 0.15) is 5.56 Å². The van der Waals surface area contributed by atoms with Gasteiger partial charge < -0.3 is 10.3 Å². The van der Waals surface area contributed by atoms with Crippen molar-refractivity contribution in [2.45, 2.75) is 6.54 Å². The Morgan fingerprint density at radius 2 is 1.90 bits per heavy atom. The predicted octanol–water partition coefficient (Wildman–Crippen LogP) is 3.97. The highest BCUT2D eigenvalue weighted by atomic mass is 35.5. The van der Waals surface area contributed by atoms with E-state index in [0.29, 0.717) is 28.6 Å². The molecule has 0 aliphatic heterocycles. The number of nitrogen functional groups attached to an aromatic ring is 1. The summed E-state index contributed by atoms with van der Waals surface area (Å²) in [6, 6.07) is 14.2. The molecular weight excluding hydrogens is 289 g/mol. The first-order valence-corrected chi connectivity index (χ1v) is 6.83. The number of nitrogens with two attached hydrogens (primary N) is 1. The lowest BCUT2D eigenvalue weighted by molar-refractivity contribution is 0.631. The van der Waals surface area contributed by atoms with Crippen LogP contribution in [0.4, 0.5) is 10.2 Å². The van der Waals surface area contributed by atoms with Crippen molar-refractivity contribution in [2.75, 3.05) is 5.73 Å². The van der Waals surface area contributed by atoms with Crippen molar-refractivity contribution in [1.82, 2.24) is 9.55 Å². The summed E-state index contributed by atoms with van der Waals surface area (Å²) in [5.74, 6) is 0.0241. The summed E-state index contributed by atoms with van der Waals surface area (Å²) in [6.45, 7) is 0.585. The minimum Gasteiger partial charge on any atom is -0.383 e. The molecule has 2 aromatic carbocycles. The predicted molar refractivity (Wildman–Crippen MR) is 82.6 cm³/mol. The first-order chi connectivity index (χ1) is 10.1. The average Bonchev–Trinajstić information content (AvgIpc) is 2.84. The first-order valence-electron chi connectivity index (χ1n) is 6.45. The van der Waals surface area contributed by atoms with E-state index in [1.54, 1.807) is 10.9 Å². The number of hydrogen-bond donors (Lipinski definition) is 1. The van der Waals surface area contributed by atoms with Gasteiger partial charge >= 0.3 is 0 Å². The quantitative estimate of drug-likeness (QED) is 0.795. The molecule has 0 amide bonds. The van der Waals surface area contributed by atoms with E-state index < -0.39 is 5.82 Å². The number of halogens is 2. The van der Waals surface area contributed by atoms with Gasteiger partial charge in [-0.1, -0.05) is 41.9 Å². The Kier molecular flexibility index (Phi) is 3.62. The van der Waals surface area contributed by atoms with Crippen LogP contribution in [-0.2, 0) is 6.54 Å². The van der Waals surface area contributed by atoms with Gasteiger partial charge in [-0.2, -0.15) is 0 Å². The summed E-state index contributed by atoms with van der Waals surface area (Å²) in [5, 5.41) is 0.448. The molecule has 2 N–H and O–H groups in total. The first kappa shape index (κ1) is 13.6. The fourth-order valence-electron chi connectivity index (χ4n) is 2.18. The molecule has 0 unspecified atom stereocenters. The molecule has 21 heavy (non-hydrogen) atoms. The summed E-state index contributed by atoms with van der Waals surface area (Å²) in [7, 11) is 0. The highest BCUT2D eigenvalue weighted by molar-refractivity contribution is 6.30. The number of aromatic nitrogens is 2. The third-order valence-electron chi connectivity index (χ3n) is 3.26. The van der Waals surface area contributed by atoms with Gasteiger partial charge in [0.15, 0.2) is 0 Å². The summed E-state index contributed by atoms with van der Waals surface area (Å²) < 4.78 is 15.7. The second-order valence-corrected chi connectivity index (χ2v) is 5.15. The largest absolute Gasteiger partial charge is 0.383 e. The topological polar surface area (TPSA) is 43.8 Å². The van der Waals surface area contributed by atoms with E-state index in [0.717, 1.165) is 5.56 Å². The van der Waals surface area contributed by atoms with Crippen molar-refractivity contribution in [3.05, 3.63) is 71.3 Å². The van der Waals surface area contributed by atoms with Crippen molar-refractivity contribution in [1.29, 1.82) is 0 Å². The maximum atomic E-state index is 13.9. The zero-order valence-corrected chi connectivity index (χ0v) is 11.9. The van der Waals surface area contributed by atoms with Gasteiger partial charge in [-0.25, -0.2) is 9.37 Å². The Morgan fingerprint density at radius 1 is 1.14 bits per heavy atom. The molecule has 0 bridgehead atoms. The third kappa shape index (κ3) is 2.76. The number of imidazole rings is 1. The zero-order valence-electron chi connectivity index (χ0n) is 11.1. The van der Waals surface area contributed by atoms with Gasteiger partial charge in [0, 0.05) is 10.6 Å². The van der Waals surface area contributed by atoms with Crippen LogP contribution in [0, 0.1) is 5.82 Å². The van der Waals surface area contributed by atoms with Gasteiger partial charge in [-0.15, -0.1) is 0 Å². The molecule has 0 radical (unpaired) electrons. The van der Waals surface area contributed by atoms with Crippen LogP contribution >= 0.6 is 11.6 Å². The van der Waals surface area contributed by atoms with Crippen LogP contribution in [0.3, 0.4) is 0 Å². The molecule has 0 spiro atoms. The van der Waals surface area contributed by atoms with Gasteiger partial charge in [-0.3, -0.25) is 0 Å². The molecule has 106 valence electrons. The lowest BCUT2D eigenvalue weighted by atomic mass is 10.1. The lowest BCUT2D eigenvalue weighted by Gasteiger charge is -2.07. The van der Waals surface area contributed by atoms with E-state index in [2.05, 4.69) is 4.98 Å². The van der Waals surface area contributed by atoms with Gasteiger partial charge in [-0.05, 0) is 23.8 Å². The van der Waals surface area contributed by atoms with E-state index in [9.17, 15) is 4.39 Å². The van der Waals surface area contributed by atoms with Gasteiger partial charge in [0.05, 0.1) is 12.9 Å². The Balaban J connectivity index is 1.98. The molecule has 5 heteroatoms. The SMILES string of the molecule is Nc1c(-c2cc(Cl)ccc2F)ncn1Cc1ccccc1. The number of nitrogens with zero attached hydrogens (tertiary/aromatic N) is 2. The van der Waals surface area contributed by atoms with Crippen molar-refractivity contribution in [3.8, 4) is 11.3 Å². The van der Waals surface area contributed by atoms with Crippen molar-refractivity contribution in [2.24, 2.45) is 0 Å². The monoisotopic (exact) mass is 301 g/mol. The fourth-order valence-corrected chi connectivity index (χ4v) is 2.36. The average molecular weight is 302 g/mol. The molecule has 0 aliphatic rings. The van der Waals surface area contributed by atoms with E-state index in [4.69, 9.17) is 17.3 Å². The molecule has 3 rings (SSSR count). The van der Waals surface area contributed by atoms with E-state index in [1.165, 1.54) is 18.2 Å². The summed E-state index contributed by atoms with van der Waals surface area (Å²) >= 11 is 5.91. The van der Waals surface area contributed by atoms with E-state index in [-0.39, 0.29) is 0 Å². The minimum absolute atomic E-state index is 0.312. The number of benzene rings is 2. The Hall–Kier alpha value is -2.33. The maximum absolute atomic E-state index is 13.9. The second kappa shape index (κ2) is 5.58. The molecule has 0 atom stereocenters. The summed E-state index contributed by atoms with van der Waals surface area (Å²) in [4.78, 5) is 4.22. The number of rotatable bonds is 3. The molecular formula is C16H13ClFN3. The maximum Gasteiger partial charge on any atom is 0.132 e. The smallest absolute Gasteiger partial charge is 0.132 e. The van der Waals surface area contributed by atoms with Crippen LogP contribution in [0.5, 0.6) is 0 Å². The molecule has 0 saturated carbocycles. The molecule has 1 heterocycles. The highest BCUT2D eigenvalue weighted by Crippen LogP contribution is 2.29. The van der Waals surface area contributed by atoms with E-state index >= 15 is 0 Å². The van der Waals surface area contributed by atoms with Gasteiger partial charge in [0.25, 0.3) is 0 Å². The summed E-state index contributed by atoms with van der Waals surface area (Å²) in [6.07, 6.45) is 1.61. The highest BCUT2D eigenvalue weighted by Gasteiger charge is 2.14. The normalized spacial score (nSPS) is 10.8. The third-order valence-corrected chi connectivity index (χ3v) is 3.49. The summed E-state index contributed by atoms with van der Waals surface area (Å²) in [5.41, 5.74) is 7.91. The molecule has 0 aliphatic carbocycles. The van der Waals surface area contributed by atoms with Crippen LogP contribution in [0.25, 0.3) is 11.3 Å². The van der Waals surface area contributed by atoms with Gasteiger partial charge in [0.1, 0.15) is 17.3 Å². The molecule has 0 saturated heterocycles. The van der Waals surface area contributed by atoms with Crippen LogP contribution in [-0.4, -0.2) is 9.55 Å². The standard InChI is InChI=1S/C16H13ClFN3/c17-12-6-7-14(18)13(8-12)15-16(19)21(10-20-15)9-11-4-2-1-3-5-11/h1-8,10H,9,19H2. The van der Waals surface area contributed by atoms with E-state index in [1.807, 2.05) is 30.3 Å². The molecule has 0 fully saturated rings. The number of anilines is 1. The van der Waals surface area contributed by atoms with Crippen molar-refractivity contribution < 1.29 is 4.39 Å². The molecule has 1 aromatic heterocycles. The van der Waals surface area contributed by atoms with Crippen LogP contribution < -0.4 is 5.73 Å². The lowest BCUT2D eigenvalue weighted by Crippen LogP contribution is -2.03. The van der Waals surface area contributed by atoms with Crippen molar-refractivity contribution in [3.63, 3.8) is 0 Å². The number of hydrogen-bond acceptors (Lipinski definition) is 2. The second-order valence-electron chi connectivity index (χ2n) is 4.72. The Morgan fingerprint density at radius 3 is 2.67 bits per heavy atom. The fraction of sp³-hybridized carbons (Fsp3) is 0.0625. The Labute approximate surface area is 126 Å². The van der Waals surface area contributed by atoms with Crippen molar-refractivity contribution >= 4 is 17.4 Å².